The van der Waals surface area contributed by atoms with E-state index in [0.717, 1.165) is 30.4 Å². The minimum atomic E-state index is -0.390. The molecule has 0 bridgehead atoms. The third kappa shape index (κ3) is 1.58. The molecule has 1 aromatic carbocycles. The molecule has 1 unspecified atom stereocenters. The van der Waals surface area contributed by atoms with Crippen molar-refractivity contribution < 1.29 is 9.59 Å². The smallest absolute Gasteiger partial charge is 0.254 e. The molecule has 1 heterocycles. The fraction of sp³-hybridized carbons (Fsp3) is 0.333. The van der Waals surface area contributed by atoms with E-state index >= 15 is 0 Å². The van der Waals surface area contributed by atoms with Crippen molar-refractivity contribution in [3.05, 3.63) is 47.5 Å². The Kier molecular flexibility index (Phi) is 2.54. The van der Waals surface area contributed by atoms with Gasteiger partial charge < -0.3 is 0 Å². The van der Waals surface area contributed by atoms with Crippen LogP contribution in [0.4, 0.5) is 0 Å². The summed E-state index contributed by atoms with van der Waals surface area (Å²) in [6.45, 7) is 0. The van der Waals surface area contributed by atoms with E-state index in [2.05, 4.69) is 5.32 Å². The molecule has 1 atom stereocenters. The third-order valence-corrected chi connectivity index (χ3v) is 3.96. The van der Waals surface area contributed by atoms with Gasteiger partial charge in [-0.3, -0.25) is 14.9 Å². The predicted molar refractivity (Wildman–Crippen MR) is 67.8 cm³/mol. The number of allylic oxidation sites excluding steroid dienone is 1. The Morgan fingerprint density at radius 2 is 1.89 bits per heavy atom. The number of hydrogen-bond acceptors (Lipinski definition) is 2. The second-order valence-electron chi connectivity index (χ2n) is 5.01. The van der Waals surface area contributed by atoms with Crippen LogP contribution in [0, 0.1) is 0 Å². The first-order valence-electron chi connectivity index (χ1n) is 6.33. The van der Waals surface area contributed by atoms with Crippen LogP contribution in [-0.4, -0.2) is 11.8 Å². The summed E-state index contributed by atoms with van der Waals surface area (Å²) in [7, 11) is 0. The van der Waals surface area contributed by atoms with Crippen molar-refractivity contribution in [2.24, 2.45) is 0 Å². The molecule has 18 heavy (non-hydrogen) atoms. The monoisotopic (exact) mass is 241 g/mol. The molecule has 3 nitrogen and oxygen atoms in total. The minimum Gasteiger partial charge on any atom is -0.293 e. The molecule has 0 radical (unpaired) electrons. The van der Waals surface area contributed by atoms with E-state index in [1.165, 1.54) is 0 Å². The third-order valence-electron chi connectivity index (χ3n) is 3.96. The number of carbonyl (C=O) groups is 2. The van der Waals surface area contributed by atoms with E-state index in [4.69, 9.17) is 0 Å². The van der Waals surface area contributed by atoms with Crippen LogP contribution >= 0.6 is 0 Å². The highest BCUT2D eigenvalue weighted by Gasteiger charge is 2.46. The van der Waals surface area contributed by atoms with E-state index < -0.39 is 0 Å². The molecule has 0 spiro atoms. The molecule has 1 aliphatic carbocycles. The van der Waals surface area contributed by atoms with Gasteiger partial charge in [-0.25, -0.2) is 0 Å². The van der Waals surface area contributed by atoms with Gasteiger partial charge in [-0.1, -0.05) is 36.4 Å². The molecule has 2 aliphatic rings. The number of fused-ring (bicyclic) bond motifs is 1. The van der Waals surface area contributed by atoms with Gasteiger partial charge >= 0.3 is 0 Å². The van der Waals surface area contributed by atoms with Crippen molar-refractivity contribution in [3.63, 3.8) is 0 Å². The number of benzene rings is 1. The lowest BCUT2D eigenvalue weighted by Crippen LogP contribution is -2.50. The summed E-state index contributed by atoms with van der Waals surface area (Å²) in [5.41, 5.74) is 1.47. The number of amides is 2. The van der Waals surface area contributed by atoms with Crippen LogP contribution in [0.3, 0.4) is 0 Å². The lowest BCUT2D eigenvalue weighted by molar-refractivity contribution is -0.132. The Morgan fingerprint density at radius 3 is 2.67 bits per heavy atom. The zero-order chi connectivity index (χ0) is 12.6. The van der Waals surface area contributed by atoms with E-state index in [1.807, 2.05) is 36.4 Å². The number of hydrogen-bond donors (Lipinski definition) is 1. The van der Waals surface area contributed by atoms with E-state index in [0.29, 0.717) is 6.42 Å². The van der Waals surface area contributed by atoms with Crippen molar-refractivity contribution >= 4 is 11.8 Å². The van der Waals surface area contributed by atoms with Crippen molar-refractivity contribution in [3.8, 4) is 0 Å². The average molecular weight is 241 g/mol. The number of nitrogens with one attached hydrogen (secondary N) is 1. The van der Waals surface area contributed by atoms with Gasteiger partial charge in [0.15, 0.2) is 0 Å². The second-order valence-corrected chi connectivity index (χ2v) is 5.01. The standard InChI is InChI=1S/C15H15NO2/c17-13-10-15(11-6-2-1-3-7-11)9-5-4-8-12(15)14(18)16-13/h1-3,6-8H,4-5,9-10H2,(H,16,17,18). The first-order chi connectivity index (χ1) is 8.72. The Morgan fingerprint density at radius 1 is 1.11 bits per heavy atom. The van der Waals surface area contributed by atoms with Gasteiger partial charge in [0.05, 0.1) is 0 Å². The Balaban J connectivity index is 2.16. The van der Waals surface area contributed by atoms with Crippen LogP contribution < -0.4 is 5.32 Å². The van der Waals surface area contributed by atoms with E-state index in [-0.39, 0.29) is 17.2 Å². The maximum absolute atomic E-state index is 12.0. The number of piperidine rings is 1. The molecular weight excluding hydrogens is 226 g/mol. The SMILES string of the molecule is O=C1CC2(c3ccccc3)CCCC=C2C(=O)N1. The van der Waals surface area contributed by atoms with Crippen molar-refractivity contribution in [2.45, 2.75) is 31.1 Å². The minimum absolute atomic E-state index is 0.164. The Hall–Kier alpha value is -1.90. The van der Waals surface area contributed by atoms with Crippen LogP contribution in [0.5, 0.6) is 0 Å². The van der Waals surface area contributed by atoms with E-state index in [9.17, 15) is 9.59 Å². The zero-order valence-corrected chi connectivity index (χ0v) is 10.1. The summed E-state index contributed by atoms with van der Waals surface area (Å²) in [5.74, 6) is -0.377. The summed E-state index contributed by atoms with van der Waals surface area (Å²) < 4.78 is 0. The van der Waals surface area contributed by atoms with Crippen LogP contribution in [0.15, 0.2) is 42.0 Å². The molecule has 92 valence electrons. The summed E-state index contributed by atoms with van der Waals surface area (Å²) in [6.07, 6.45) is 5.21. The maximum Gasteiger partial charge on any atom is 0.254 e. The first kappa shape index (κ1) is 11.2. The summed E-state index contributed by atoms with van der Waals surface area (Å²) in [6, 6.07) is 9.92. The van der Waals surface area contributed by atoms with Gasteiger partial charge in [-0.2, -0.15) is 0 Å². The van der Waals surface area contributed by atoms with Crippen LogP contribution in [-0.2, 0) is 15.0 Å². The molecule has 1 N–H and O–H groups in total. The predicted octanol–water partition coefficient (Wildman–Crippen LogP) is 2.08. The molecule has 3 rings (SSSR count). The van der Waals surface area contributed by atoms with Gasteiger partial charge in [-0.15, -0.1) is 0 Å². The molecule has 0 aromatic heterocycles. The van der Waals surface area contributed by atoms with Crippen LogP contribution in [0.2, 0.25) is 0 Å². The van der Waals surface area contributed by atoms with Gasteiger partial charge in [-0.05, 0) is 24.8 Å². The number of carbonyl (C=O) groups excluding carboxylic acids is 2. The van der Waals surface area contributed by atoms with Crippen molar-refractivity contribution in [1.82, 2.24) is 5.32 Å². The summed E-state index contributed by atoms with van der Waals surface area (Å²) >= 11 is 0. The summed E-state index contributed by atoms with van der Waals surface area (Å²) in [5, 5.41) is 2.43. The highest BCUT2D eigenvalue weighted by Crippen LogP contribution is 2.45. The highest BCUT2D eigenvalue weighted by atomic mass is 16.2. The fourth-order valence-electron chi connectivity index (χ4n) is 3.15. The molecule has 3 heteroatoms. The first-order valence-corrected chi connectivity index (χ1v) is 6.33. The molecule has 1 saturated heterocycles. The van der Waals surface area contributed by atoms with Gasteiger partial charge in [0.2, 0.25) is 5.91 Å². The maximum atomic E-state index is 12.0. The highest BCUT2D eigenvalue weighted by molar-refractivity contribution is 6.10. The summed E-state index contributed by atoms with van der Waals surface area (Å²) in [4.78, 5) is 23.8. The quantitative estimate of drug-likeness (QED) is 0.765. The van der Waals surface area contributed by atoms with Gasteiger partial charge in [0, 0.05) is 17.4 Å². The lowest BCUT2D eigenvalue weighted by Gasteiger charge is -2.41. The Labute approximate surface area is 106 Å². The molecule has 1 fully saturated rings. The normalized spacial score (nSPS) is 27.2. The average Bonchev–Trinajstić information content (AvgIpc) is 2.39. The number of imide groups is 1. The molecule has 0 saturated carbocycles. The molecule has 1 aliphatic heterocycles. The largest absolute Gasteiger partial charge is 0.293 e. The van der Waals surface area contributed by atoms with Crippen LogP contribution in [0.1, 0.15) is 31.2 Å². The van der Waals surface area contributed by atoms with Gasteiger partial charge in [0.25, 0.3) is 5.91 Å². The van der Waals surface area contributed by atoms with Gasteiger partial charge in [0.1, 0.15) is 0 Å². The van der Waals surface area contributed by atoms with E-state index in [1.54, 1.807) is 0 Å². The van der Waals surface area contributed by atoms with Crippen molar-refractivity contribution in [2.75, 3.05) is 0 Å². The lowest BCUT2D eigenvalue weighted by atomic mass is 9.64. The molecular formula is C15H15NO2. The second kappa shape index (κ2) is 4.09. The fourth-order valence-corrected chi connectivity index (χ4v) is 3.15. The number of rotatable bonds is 1. The van der Waals surface area contributed by atoms with Crippen molar-refractivity contribution in [1.29, 1.82) is 0 Å². The topological polar surface area (TPSA) is 46.2 Å². The molecule has 2 amide bonds. The van der Waals surface area contributed by atoms with Crippen LogP contribution in [0.25, 0.3) is 0 Å². The Bertz CT molecular complexity index is 533. The molecule has 1 aromatic rings. The zero-order valence-electron chi connectivity index (χ0n) is 10.1.